The molecule has 25 heavy (non-hydrogen) atoms. The summed E-state index contributed by atoms with van der Waals surface area (Å²) in [5.74, 6) is 0.310. The van der Waals surface area contributed by atoms with Gasteiger partial charge in [-0.1, -0.05) is 44.5 Å². The normalized spacial score (nSPS) is 25.6. The standard InChI is InChI=1S/C20H31N3OS/c1-3-13(2)19(21)20(24)23(12-16-10-18(25)11-22-16)17-8-14-6-4-5-7-15(14)9-17/h4-7,13,16-19,22,25H,3,8-12,21H2,1-2H3/t13-,16+,18+,19-/m0/s1. The Labute approximate surface area is 156 Å². The van der Waals surface area contributed by atoms with E-state index in [1.54, 1.807) is 0 Å². The predicted octanol–water partition coefficient (Wildman–Crippen LogP) is 2.02. The first-order valence-electron chi connectivity index (χ1n) is 9.53. The van der Waals surface area contributed by atoms with Crippen molar-refractivity contribution >= 4 is 18.5 Å². The van der Waals surface area contributed by atoms with Gasteiger partial charge in [0.25, 0.3) is 0 Å². The van der Waals surface area contributed by atoms with Crippen molar-refractivity contribution in [2.24, 2.45) is 11.7 Å². The number of nitrogens with two attached hydrogens (primary N) is 1. The predicted molar refractivity (Wildman–Crippen MR) is 106 cm³/mol. The summed E-state index contributed by atoms with van der Waals surface area (Å²) >= 11 is 4.57. The molecule has 1 saturated heterocycles. The number of amides is 1. The fourth-order valence-electron chi connectivity index (χ4n) is 4.04. The zero-order valence-electron chi connectivity index (χ0n) is 15.3. The molecule has 5 heteroatoms. The minimum Gasteiger partial charge on any atom is -0.336 e. The van der Waals surface area contributed by atoms with Gasteiger partial charge in [0.15, 0.2) is 0 Å². The van der Waals surface area contributed by atoms with Crippen molar-refractivity contribution in [2.45, 2.75) is 62.9 Å². The highest BCUT2D eigenvalue weighted by molar-refractivity contribution is 7.81. The van der Waals surface area contributed by atoms with Crippen LogP contribution in [-0.2, 0) is 17.6 Å². The van der Waals surface area contributed by atoms with Crippen LogP contribution in [0.15, 0.2) is 24.3 Å². The van der Waals surface area contributed by atoms with Crippen LogP contribution < -0.4 is 11.1 Å². The number of carbonyl (C=O) groups is 1. The van der Waals surface area contributed by atoms with Crippen LogP contribution in [0.4, 0.5) is 0 Å². The van der Waals surface area contributed by atoms with Crippen molar-refractivity contribution in [1.82, 2.24) is 10.2 Å². The second-order valence-corrected chi connectivity index (χ2v) is 8.46. The molecule has 0 radical (unpaired) electrons. The van der Waals surface area contributed by atoms with Gasteiger partial charge < -0.3 is 16.0 Å². The summed E-state index contributed by atoms with van der Waals surface area (Å²) in [5.41, 5.74) is 9.06. The molecule has 1 aliphatic heterocycles. The van der Waals surface area contributed by atoms with Gasteiger partial charge in [-0.25, -0.2) is 0 Å². The number of carbonyl (C=O) groups excluding carboxylic acids is 1. The maximum Gasteiger partial charge on any atom is 0.240 e. The highest BCUT2D eigenvalue weighted by atomic mass is 32.1. The lowest BCUT2D eigenvalue weighted by molar-refractivity contribution is -0.136. The minimum absolute atomic E-state index is 0.108. The van der Waals surface area contributed by atoms with Crippen molar-refractivity contribution in [2.75, 3.05) is 13.1 Å². The summed E-state index contributed by atoms with van der Waals surface area (Å²) in [4.78, 5) is 15.3. The van der Waals surface area contributed by atoms with E-state index in [1.165, 1.54) is 11.1 Å². The second kappa shape index (κ2) is 8.11. The maximum atomic E-state index is 13.2. The number of hydrogen-bond acceptors (Lipinski definition) is 4. The Morgan fingerprint density at radius 1 is 1.36 bits per heavy atom. The fraction of sp³-hybridized carbons (Fsp3) is 0.650. The fourth-order valence-corrected chi connectivity index (χ4v) is 4.40. The van der Waals surface area contributed by atoms with Crippen LogP contribution in [0.25, 0.3) is 0 Å². The maximum absolute atomic E-state index is 13.2. The third-order valence-electron chi connectivity index (χ3n) is 5.91. The number of thiol groups is 1. The van der Waals surface area contributed by atoms with Crippen molar-refractivity contribution in [1.29, 1.82) is 0 Å². The number of benzene rings is 1. The summed E-state index contributed by atoms with van der Waals surface area (Å²) in [6, 6.07) is 8.67. The van der Waals surface area contributed by atoms with Gasteiger partial charge in [-0.05, 0) is 36.3 Å². The van der Waals surface area contributed by atoms with Gasteiger partial charge >= 0.3 is 0 Å². The van der Waals surface area contributed by atoms with E-state index in [0.29, 0.717) is 11.3 Å². The number of hydrogen-bond donors (Lipinski definition) is 3. The smallest absolute Gasteiger partial charge is 0.240 e. The third kappa shape index (κ3) is 4.21. The van der Waals surface area contributed by atoms with Gasteiger partial charge in [0, 0.05) is 30.4 Å². The zero-order valence-corrected chi connectivity index (χ0v) is 16.2. The number of fused-ring (bicyclic) bond motifs is 1. The van der Waals surface area contributed by atoms with Crippen LogP contribution in [0.3, 0.4) is 0 Å². The SMILES string of the molecule is CC[C@H](C)[C@H](N)C(=O)N(C[C@H]1C[C@@H](S)CN1)C1Cc2ccccc2C1. The lowest BCUT2D eigenvalue weighted by Gasteiger charge is -2.34. The van der Waals surface area contributed by atoms with Gasteiger partial charge in [-0.3, -0.25) is 4.79 Å². The lowest BCUT2D eigenvalue weighted by Crippen LogP contribution is -2.54. The molecule has 0 saturated carbocycles. The highest BCUT2D eigenvalue weighted by Gasteiger charge is 2.36. The van der Waals surface area contributed by atoms with Crippen molar-refractivity contribution in [3.63, 3.8) is 0 Å². The quantitative estimate of drug-likeness (QED) is 0.680. The Morgan fingerprint density at radius 3 is 2.52 bits per heavy atom. The Balaban J connectivity index is 1.76. The average molecular weight is 362 g/mol. The molecule has 1 fully saturated rings. The molecular weight excluding hydrogens is 330 g/mol. The molecule has 3 N–H and O–H groups in total. The lowest BCUT2D eigenvalue weighted by atomic mass is 9.97. The Bertz CT molecular complexity index is 583. The largest absolute Gasteiger partial charge is 0.336 e. The van der Waals surface area contributed by atoms with Crippen LogP contribution >= 0.6 is 12.6 Å². The Hall–Kier alpha value is -1.04. The van der Waals surface area contributed by atoms with Crippen LogP contribution in [-0.4, -0.2) is 47.3 Å². The van der Waals surface area contributed by atoms with E-state index < -0.39 is 6.04 Å². The van der Waals surface area contributed by atoms with Crippen LogP contribution in [0, 0.1) is 5.92 Å². The van der Waals surface area contributed by atoms with Crippen molar-refractivity contribution < 1.29 is 4.79 Å². The number of nitrogens with zero attached hydrogens (tertiary/aromatic N) is 1. The number of rotatable bonds is 6. The summed E-state index contributed by atoms with van der Waals surface area (Å²) in [6.07, 6.45) is 3.80. The molecule has 1 aromatic rings. The number of nitrogens with one attached hydrogen (secondary N) is 1. The monoisotopic (exact) mass is 361 g/mol. The van der Waals surface area contributed by atoms with E-state index in [2.05, 4.69) is 61.0 Å². The molecule has 138 valence electrons. The molecule has 0 bridgehead atoms. The Kier molecular flexibility index (Phi) is 6.08. The summed E-state index contributed by atoms with van der Waals surface area (Å²) in [6.45, 7) is 5.82. The molecule has 4 nitrogen and oxygen atoms in total. The van der Waals surface area contributed by atoms with Gasteiger partial charge in [-0.15, -0.1) is 0 Å². The molecule has 0 aromatic heterocycles. The molecule has 2 aliphatic rings. The van der Waals surface area contributed by atoms with E-state index in [0.717, 1.165) is 38.8 Å². The van der Waals surface area contributed by atoms with E-state index >= 15 is 0 Å². The van der Waals surface area contributed by atoms with Gasteiger partial charge in [0.05, 0.1) is 6.04 Å². The van der Waals surface area contributed by atoms with Crippen molar-refractivity contribution in [3.8, 4) is 0 Å². The molecule has 1 heterocycles. The van der Waals surface area contributed by atoms with Crippen molar-refractivity contribution in [3.05, 3.63) is 35.4 Å². The van der Waals surface area contributed by atoms with E-state index in [1.807, 2.05) is 0 Å². The van der Waals surface area contributed by atoms with Gasteiger partial charge in [0.2, 0.25) is 5.91 Å². The van der Waals surface area contributed by atoms with E-state index in [4.69, 9.17) is 5.73 Å². The van der Waals surface area contributed by atoms with Gasteiger partial charge in [-0.2, -0.15) is 12.6 Å². The third-order valence-corrected chi connectivity index (χ3v) is 6.30. The van der Waals surface area contributed by atoms with E-state index in [9.17, 15) is 4.79 Å². The molecule has 1 aliphatic carbocycles. The molecule has 1 amide bonds. The molecule has 4 atom stereocenters. The second-order valence-electron chi connectivity index (χ2n) is 7.73. The molecular formula is C20H31N3OS. The van der Waals surface area contributed by atoms with Gasteiger partial charge in [0.1, 0.15) is 0 Å². The van der Waals surface area contributed by atoms with Crippen LogP contribution in [0.2, 0.25) is 0 Å². The summed E-state index contributed by atoms with van der Waals surface area (Å²) in [7, 11) is 0. The highest BCUT2D eigenvalue weighted by Crippen LogP contribution is 2.27. The summed E-state index contributed by atoms with van der Waals surface area (Å²) < 4.78 is 0. The first-order valence-corrected chi connectivity index (χ1v) is 10.1. The van der Waals surface area contributed by atoms with E-state index in [-0.39, 0.29) is 17.9 Å². The first-order chi connectivity index (χ1) is 12.0. The summed E-state index contributed by atoms with van der Waals surface area (Å²) in [5, 5.41) is 3.89. The zero-order chi connectivity index (χ0) is 18.0. The molecule has 3 rings (SSSR count). The Morgan fingerprint density at radius 2 is 2.00 bits per heavy atom. The minimum atomic E-state index is -0.415. The average Bonchev–Trinajstić information content (AvgIpc) is 3.23. The molecule has 0 unspecified atom stereocenters. The first kappa shape index (κ1) is 18.7. The molecule has 1 aromatic carbocycles. The molecule has 0 spiro atoms. The van der Waals surface area contributed by atoms with Crippen LogP contribution in [0.1, 0.15) is 37.8 Å². The van der Waals surface area contributed by atoms with Crippen LogP contribution in [0.5, 0.6) is 0 Å². The topological polar surface area (TPSA) is 58.4 Å².